The largest absolute Gasteiger partial charge is 0.298 e. The summed E-state index contributed by atoms with van der Waals surface area (Å²) in [4.78, 5) is 16.5. The zero-order valence-electron chi connectivity index (χ0n) is 11.5. The van der Waals surface area contributed by atoms with Crippen LogP contribution in [0, 0.1) is 5.82 Å². The number of amides is 1. The van der Waals surface area contributed by atoms with Crippen molar-refractivity contribution in [3.63, 3.8) is 0 Å². The maximum Gasteiger partial charge on any atom is 0.258 e. The lowest BCUT2D eigenvalue weighted by Crippen LogP contribution is -2.12. The van der Waals surface area contributed by atoms with Crippen LogP contribution < -0.4 is 5.32 Å². The summed E-state index contributed by atoms with van der Waals surface area (Å²) in [6.45, 7) is 0. The number of nitrogens with zero attached hydrogens (tertiary/aromatic N) is 1. The number of hydrogen-bond acceptors (Lipinski definition) is 3. The van der Waals surface area contributed by atoms with Crippen LogP contribution in [0.15, 0.2) is 47.8 Å². The van der Waals surface area contributed by atoms with Crippen LogP contribution in [-0.2, 0) is 0 Å². The lowest BCUT2D eigenvalue weighted by molar-refractivity contribution is 0.102. The van der Waals surface area contributed by atoms with E-state index in [1.807, 2.05) is 17.5 Å². The number of halogens is 3. The Morgan fingerprint density at radius 2 is 1.87 bits per heavy atom. The summed E-state index contributed by atoms with van der Waals surface area (Å²) < 4.78 is 13.0. The number of aromatic nitrogens is 1. The van der Waals surface area contributed by atoms with E-state index in [-0.39, 0.29) is 10.6 Å². The summed E-state index contributed by atoms with van der Waals surface area (Å²) in [6.07, 6.45) is 0. The quantitative estimate of drug-likeness (QED) is 0.663. The fourth-order valence-electron chi connectivity index (χ4n) is 1.92. The first kappa shape index (κ1) is 15.9. The summed E-state index contributed by atoms with van der Waals surface area (Å²) >= 11 is 13.0. The molecule has 0 aliphatic rings. The standard InChI is InChI=1S/C16H9Cl2FN2OS/c17-10-3-1-9(2-4-10)14-8-23-16(20-14)21-15(22)12-6-5-11(19)7-13(12)18/h1-8H,(H,20,21,22). The van der Waals surface area contributed by atoms with E-state index in [9.17, 15) is 9.18 Å². The third-order valence-corrected chi connectivity index (χ3v) is 4.36. The van der Waals surface area contributed by atoms with Gasteiger partial charge in [0.15, 0.2) is 5.13 Å². The molecular weight excluding hydrogens is 358 g/mol. The van der Waals surface area contributed by atoms with Crippen LogP contribution >= 0.6 is 34.5 Å². The van der Waals surface area contributed by atoms with Crippen LogP contribution in [0.25, 0.3) is 11.3 Å². The topological polar surface area (TPSA) is 42.0 Å². The molecule has 116 valence electrons. The molecule has 0 saturated heterocycles. The predicted octanol–water partition coefficient (Wildman–Crippen LogP) is 5.51. The van der Waals surface area contributed by atoms with E-state index in [4.69, 9.17) is 23.2 Å². The summed E-state index contributed by atoms with van der Waals surface area (Å²) in [5.74, 6) is -0.933. The van der Waals surface area contributed by atoms with Gasteiger partial charge in [0.1, 0.15) is 5.82 Å². The van der Waals surface area contributed by atoms with E-state index < -0.39 is 11.7 Å². The first-order valence-electron chi connectivity index (χ1n) is 6.51. The zero-order valence-corrected chi connectivity index (χ0v) is 13.8. The first-order valence-corrected chi connectivity index (χ1v) is 8.14. The van der Waals surface area contributed by atoms with Gasteiger partial charge in [-0.05, 0) is 30.3 Å². The van der Waals surface area contributed by atoms with E-state index in [1.165, 1.54) is 23.5 Å². The minimum atomic E-state index is -0.495. The number of hydrogen-bond donors (Lipinski definition) is 1. The maximum atomic E-state index is 13.0. The molecule has 0 bridgehead atoms. The predicted molar refractivity (Wildman–Crippen MR) is 91.9 cm³/mol. The van der Waals surface area contributed by atoms with Crippen LogP contribution in [-0.4, -0.2) is 10.9 Å². The fraction of sp³-hybridized carbons (Fsp3) is 0. The van der Waals surface area contributed by atoms with Crippen molar-refractivity contribution < 1.29 is 9.18 Å². The molecule has 0 aliphatic heterocycles. The number of rotatable bonds is 3. The van der Waals surface area contributed by atoms with Crippen LogP contribution in [0.2, 0.25) is 10.0 Å². The van der Waals surface area contributed by atoms with Crippen LogP contribution in [0.5, 0.6) is 0 Å². The van der Waals surface area contributed by atoms with E-state index in [0.717, 1.165) is 17.3 Å². The lowest BCUT2D eigenvalue weighted by Gasteiger charge is -2.04. The molecule has 1 heterocycles. The molecule has 0 saturated carbocycles. The molecule has 0 radical (unpaired) electrons. The van der Waals surface area contributed by atoms with Crippen molar-refractivity contribution in [3.8, 4) is 11.3 Å². The van der Waals surface area contributed by atoms with E-state index in [2.05, 4.69) is 10.3 Å². The van der Waals surface area contributed by atoms with Crippen LogP contribution in [0.1, 0.15) is 10.4 Å². The Bertz CT molecular complexity index is 865. The highest BCUT2D eigenvalue weighted by atomic mass is 35.5. The Labute approximate surface area is 145 Å². The van der Waals surface area contributed by atoms with Crippen molar-refractivity contribution in [1.82, 2.24) is 4.98 Å². The number of carbonyl (C=O) groups excluding carboxylic acids is 1. The van der Waals surface area contributed by atoms with Gasteiger partial charge in [-0.15, -0.1) is 11.3 Å². The number of benzene rings is 2. The van der Waals surface area contributed by atoms with Crippen molar-refractivity contribution in [3.05, 3.63) is 69.3 Å². The van der Waals surface area contributed by atoms with Crippen molar-refractivity contribution in [1.29, 1.82) is 0 Å². The smallest absolute Gasteiger partial charge is 0.258 e. The van der Waals surface area contributed by atoms with Gasteiger partial charge in [-0.3, -0.25) is 10.1 Å². The van der Waals surface area contributed by atoms with Gasteiger partial charge in [0.25, 0.3) is 5.91 Å². The van der Waals surface area contributed by atoms with Gasteiger partial charge in [-0.25, -0.2) is 9.37 Å². The molecule has 7 heteroatoms. The third kappa shape index (κ3) is 3.69. The van der Waals surface area contributed by atoms with Gasteiger partial charge < -0.3 is 0 Å². The minimum Gasteiger partial charge on any atom is -0.298 e. The molecule has 3 aromatic rings. The normalized spacial score (nSPS) is 10.6. The van der Waals surface area contributed by atoms with Crippen LogP contribution in [0.3, 0.4) is 0 Å². The van der Waals surface area contributed by atoms with Gasteiger partial charge >= 0.3 is 0 Å². The van der Waals surface area contributed by atoms with Crippen LogP contribution in [0.4, 0.5) is 9.52 Å². The SMILES string of the molecule is O=C(Nc1nc(-c2ccc(Cl)cc2)cs1)c1ccc(F)cc1Cl. The molecule has 1 aromatic heterocycles. The fourth-order valence-corrected chi connectivity index (χ4v) is 3.02. The average molecular weight is 367 g/mol. The highest BCUT2D eigenvalue weighted by Gasteiger charge is 2.13. The molecule has 3 nitrogen and oxygen atoms in total. The lowest BCUT2D eigenvalue weighted by atomic mass is 10.2. The molecular formula is C16H9Cl2FN2OS. The Balaban J connectivity index is 1.78. The van der Waals surface area contributed by atoms with Crippen molar-refractivity contribution in [2.75, 3.05) is 5.32 Å². The molecule has 2 aromatic carbocycles. The van der Waals surface area contributed by atoms with Gasteiger partial charge in [-0.2, -0.15) is 0 Å². The Kier molecular flexibility index (Phi) is 4.61. The second kappa shape index (κ2) is 6.66. The number of nitrogens with one attached hydrogen (secondary N) is 1. The second-order valence-corrected chi connectivity index (χ2v) is 6.32. The monoisotopic (exact) mass is 366 g/mol. The molecule has 0 unspecified atom stereocenters. The number of carbonyl (C=O) groups is 1. The Morgan fingerprint density at radius 3 is 2.57 bits per heavy atom. The van der Waals surface area contributed by atoms with Gasteiger partial charge in [0.05, 0.1) is 16.3 Å². The molecule has 0 fully saturated rings. The van der Waals surface area contributed by atoms with Crippen molar-refractivity contribution in [2.24, 2.45) is 0 Å². The summed E-state index contributed by atoms with van der Waals surface area (Å²) in [7, 11) is 0. The summed E-state index contributed by atoms with van der Waals surface area (Å²) in [5.41, 5.74) is 1.81. The molecule has 3 rings (SSSR count). The summed E-state index contributed by atoms with van der Waals surface area (Å²) in [5, 5.41) is 5.61. The molecule has 23 heavy (non-hydrogen) atoms. The van der Waals surface area contributed by atoms with Gasteiger partial charge in [0.2, 0.25) is 0 Å². The minimum absolute atomic E-state index is 0.0528. The summed E-state index contributed by atoms with van der Waals surface area (Å²) in [6, 6.07) is 10.8. The van der Waals surface area contributed by atoms with E-state index >= 15 is 0 Å². The van der Waals surface area contributed by atoms with Crippen molar-refractivity contribution >= 4 is 45.6 Å². The molecule has 1 amide bonds. The average Bonchev–Trinajstić information content (AvgIpc) is 2.96. The second-order valence-electron chi connectivity index (χ2n) is 4.62. The molecule has 0 aliphatic carbocycles. The molecule has 0 atom stereocenters. The van der Waals surface area contributed by atoms with Crippen molar-refractivity contribution in [2.45, 2.75) is 0 Å². The Hall–Kier alpha value is -1.95. The van der Waals surface area contributed by atoms with E-state index in [1.54, 1.807) is 12.1 Å². The Morgan fingerprint density at radius 1 is 1.13 bits per heavy atom. The highest BCUT2D eigenvalue weighted by Crippen LogP contribution is 2.27. The first-order chi connectivity index (χ1) is 11.0. The maximum absolute atomic E-state index is 13.0. The van der Waals surface area contributed by atoms with E-state index in [0.29, 0.717) is 10.2 Å². The molecule has 1 N–H and O–H groups in total. The number of anilines is 1. The van der Waals surface area contributed by atoms with Gasteiger partial charge in [-0.1, -0.05) is 35.3 Å². The zero-order chi connectivity index (χ0) is 16.4. The highest BCUT2D eigenvalue weighted by molar-refractivity contribution is 7.14. The third-order valence-electron chi connectivity index (χ3n) is 3.04. The molecule has 0 spiro atoms. The van der Waals surface area contributed by atoms with Gasteiger partial charge in [0, 0.05) is 16.0 Å². The number of thiazole rings is 1.